The van der Waals surface area contributed by atoms with Gasteiger partial charge in [-0.05, 0) is 40.6 Å². The third-order valence-electron chi connectivity index (χ3n) is 6.10. The molecule has 1 N–H and O–H groups in total. The quantitative estimate of drug-likeness (QED) is 0.527. The van der Waals surface area contributed by atoms with E-state index in [1.807, 2.05) is 0 Å². The predicted octanol–water partition coefficient (Wildman–Crippen LogP) is 5.48. The van der Waals surface area contributed by atoms with Crippen LogP contribution in [0.4, 0.5) is 5.69 Å². The highest BCUT2D eigenvalue weighted by atomic mass is 16.3. The molecule has 2 nitrogen and oxygen atoms in total. The van der Waals surface area contributed by atoms with E-state index in [4.69, 9.17) is 0 Å². The lowest BCUT2D eigenvalue weighted by Crippen LogP contribution is -2.44. The number of rotatable bonds is 3. The lowest BCUT2D eigenvalue weighted by atomic mass is 9.84. The summed E-state index contributed by atoms with van der Waals surface area (Å²) < 4.78 is 0. The molecule has 0 spiro atoms. The van der Waals surface area contributed by atoms with Crippen LogP contribution in [0.2, 0.25) is 0 Å². The second-order valence-corrected chi connectivity index (χ2v) is 7.47. The molecule has 1 atom stereocenters. The molecule has 134 valence electrons. The minimum Gasteiger partial charge on any atom is -0.394 e. The average Bonchev–Trinajstić information content (AvgIpc) is 3.18. The van der Waals surface area contributed by atoms with Gasteiger partial charge in [0.15, 0.2) is 0 Å². The van der Waals surface area contributed by atoms with E-state index in [0.29, 0.717) is 0 Å². The largest absolute Gasteiger partial charge is 0.394 e. The molecule has 1 aliphatic heterocycles. The first-order chi connectivity index (χ1) is 13.3. The molecule has 0 aliphatic carbocycles. The van der Waals surface area contributed by atoms with Crippen molar-refractivity contribution >= 4 is 27.2 Å². The number of aliphatic hydroxyl groups is 1. The third-order valence-corrected chi connectivity index (χ3v) is 6.10. The third kappa shape index (κ3) is 2.44. The van der Waals surface area contributed by atoms with Crippen LogP contribution < -0.4 is 4.90 Å². The Labute approximate surface area is 159 Å². The normalized spacial score (nSPS) is 19.8. The molecule has 0 saturated carbocycles. The molecule has 1 saturated heterocycles. The highest BCUT2D eigenvalue weighted by Gasteiger charge is 2.43. The van der Waals surface area contributed by atoms with Gasteiger partial charge in [-0.1, -0.05) is 78.9 Å². The molecule has 5 rings (SSSR count). The Bertz CT molecular complexity index is 1110. The van der Waals surface area contributed by atoms with Gasteiger partial charge in [-0.25, -0.2) is 0 Å². The van der Waals surface area contributed by atoms with Gasteiger partial charge in [0.05, 0.1) is 12.1 Å². The van der Waals surface area contributed by atoms with E-state index in [0.717, 1.165) is 19.4 Å². The molecule has 27 heavy (non-hydrogen) atoms. The molecule has 2 heteroatoms. The van der Waals surface area contributed by atoms with Crippen molar-refractivity contribution in [3.63, 3.8) is 0 Å². The van der Waals surface area contributed by atoms with Gasteiger partial charge >= 0.3 is 0 Å². The van der Waals surface area contributed by atoms with Crippen molar-refractivity contribution in [3.05, 3.63) is 90.5 Å². The van der Waals surface area contributed by atoms with E-state index >= 15 is 0 Å². The van der Waals surface area contributed by atoms with Crippen LogP contribution in [0.25, 0.3) is 21.5 Å². The van der Waals surface area contributed by atoms with Crippen LogP contribution in [0.1, 0.15) is 18.4 Å². The Kier molecular flexibility index (Phi) is 3.87. The first-order valence-electron chi connectivity index (χ1n) is 9.68. The van der Waals surface area contributed by atoms with Crippen molar-refractivity contribution in [1.29, 1.82) is 0 Å². The standard InChI is InChI=1S/C25H23NO/c27-18-25(23-14-5-10-19-8-1-3-12-21(19)23)16-7-17-26(25)24-15-6-11-20-9-2-4-13-22(20)24/h1-6,8-15,27H,7,16-18H2/t25-/m1/s1. The fourth-order valence-corrected chi connectivity index (χ4v) is 4.83. The van der Waals surface area contributed by atoms with Crippen molar-refractivity contribution in [2.45, 2.75) is 18.4 Å². The lowest BCUT2D eigenvalue weighted by molar-refractivity contribution is 0.199. The summed E-state index contributed by atoms with van der Waals surface area (Å²) in [6.07, 6.45) is 2.04. The SMILES string of the molecule is OC[C@@]1(c2cccc3ccccc23)CCCN1c1cccc2ccccc12. The second kappa shape index (κ2) is 6.40. The summed E-state index contributed by atoms with van der Waals surface area (Å²) in [6.45, 7) is 1.07. The zero-order chi connectivity index (χ0) is 18.3. The molecule has 0 radical (unpaired) electrons. The molecule has 1 heterocycles. The fraction of sp³-hybridized carbons (Fsp3) is 0.200. The van der Waals surface area contributed by atoms with Gasteiger partial charge in [0.1, 0.15) is 0 Å². The molecule has 1 aliphatic rings. The summed E-state index contributed by atoms with van der Waals surface area (Å²) >= 11 is 0. The molecular formula is C25H23NO. The molecule has 0 unspecified atom stereocenters. The molecular weight excluding hydrogens is 330 g/mol. The minimum atomic E-state index is -0.384. The summed E-state index contributed by atoms with van der Waals surface area (Å²) in [7, 11) is 0. The Hall–Kier alpha value is -2.84. The molecule has 1 fully saturated rings. The Balaban J connectivity index is 1.75. The van der Waals surface area contributed by atoms with Crippen molar-refractivity contribution in [2.24, 2.45) is 0 Å². The van der Waals surface area contributed by atoms with E-state index in [9.17, 15) is 5.11 Å². The van der Waals surface area contributed by atoms with E-state index in [2.05, 4.69) is 89.8 Å². The van der Waals surface area contributed by atoms with Crippen molar-refractivity contribution in [1.82, 2.24) is 0 Å². The maximum absolute atomic E-state index is 10.7. The number of nitrogens with zero attached hydrogens (tertiary/aromatic N) is 1. The van der Waals surface area contributed by atoms with Gasteiger partial charge in [-0.15, -0.1) is 0 Å². The predicted molar refractivity (Wildman–Crippen MR) is 113 cm³/mol. The van der Waals surface area contributed by atoms with Gasteiger partial charge in [0.25, 0.3) is 0 Å². The molecule has 0 amide bonds. The smallest absolute Gasteiger partial charge is 0.0890 e. The topological polar surface area (TPSA) is 23.5 Å². The highest BCUT2D eigenvalue weighted by Crippen LogP contribution is 2.45. The summed E-state index contributed by atoms with van der Waals surface area (Å²) in [5.74, 6) is 0. The van der Waals surface area contributed by atoms with Crippen LogP contribution in [0, 0.1) is 0 Å². The second-order valence-electron chi connectivity index (χ2n) is 7.47. The molecule has 0 aromatic heterocycles. The highest BCUT2D eigenvalue weighted by molar-refractivity contribution is 5.95. The van der Waals surface area contributed by atoms with Gasteiger partial charge in [-0.2, -0.15) is 0 Å². The Morgan fingerprint density at radius 3 is 2.15 bits per heavy atom. The number of hydrogen-bond donors (Lipinski definition) is 1. The van der Waals surface area contributed by atoms with Crippen molar-refractivity contribution in [3.8, 4) is 0 Å². The number of aliphatic hydroxyl groups excluding tert-OH is 1. The minimum absolute atomic E-state index is 0.115. The van der Waals surface area contributed by atoms with Gasteiger partial charge in [-0.3, -0.25) is 0 Å². The first kappa shape index (κ1) is 16.3. The Morgan fingerprint density at radius 2 is 1.37 bits per heavy atom. The van der Waals surface area contributed by atoms with E-state index in [1.54, 1.807) is 0 Å². The van der Waals surface area contributed by atoms with Gasteiger partial charge in [0.2, 0.25) is 0 Å². The van der Waals surface area contributed by atoms with Crippen molar-refractivity contribution in [2.75, 3.05) is 18.1 Å². The number of benzene rings is 4. The van der Waals surface area contributed by atoms with Crippen LogP contribution >= 0.6 is 0 Å². The van der Waals surface area contributed by atoms with Crippen LogP contribution in [0.15, 0.2) is 84.9 Å². The van der Waals surface area contributed by atoms with Gasteiger partial charge < -0.3 is 10.0 Å². The molecule has 0 bridgehead atoms. The zero-order valence-electron chi connectivity index (χ0n) is 15.3. The van der Waals surface area contributed by atoms with E-state index in [1.165, 1.54) is 32.8 Å². The molecule has 4 aromatic rings. The van der Waals surface area contributed by atoms with Crippen LogP contribution in [-0.2, 0) is 5.54 Å². The number of anilines is 1. The summed E-state index contributed by atoms with van der Waals surface area (Å²) in [4.78, 5) is 2.44. The average molecular weight is 353 g/mol. The van der Waals surface area contributed by atoms with E-state index in [-0.39, 0.29) is 12.1 Å². The maximum Gasteiger partial charge on any atom is 0.0890 e. The summed E-state index contributed by atoms with van der Waals surface area (Å²) in [5, 5.41) is 15.7. The fourth-order valence-electron chi connectivity index (χ4n) is 4.83. The zero-order valence-corrected chi connectivity index (χ0v) is 15.3. The van der Waals surface area contributed by atoms with E-state index < -0.39 is 0 Å². The van der Waals surface area contributed by atoms with Crippen LogP contribution in [0.5, 0.6) is 0 Å². The number of fused-ring (bicyclic) bond motifs is 2. The Morgan fingerprint density at radius 1 is 0.741 bits per heavy atom. The van der Waals surface area contributed by atoms with Gasteiger partial charge in [0, 0.05) is 17.6 Å². The number of hydrogen-bond acceptors (Lipinski definition) is 2. The van der Waals surface area contributed by atoms with Crippen LogP contribution in [0.3, 0.4) is 0 Å². The van der Waals surface area contributed by atoms with Crippen molar-refractivity contribution < 1.29 is 5.11 Å². The lowest BCUT2D eigenvalue weighted by Gasteiger charge is -2.40. The molecule has 4 aromatic carbocycles. The summed E-state index contributed by atoms with van der Waals surface area (Å²) in [6, 6.07) is 30.0. The summed E-state index contributed by atoms with van der Waals surface area (Å²) in [5.41, 5.74) is 2.06. The monoisotopic (exact) mass is 353 g/mol. The first-order valence-corrected chi connectivity index (χ1v) is 9.68. The maximum atomic E-state index is 10.7. The van der Waals surface area contributed by atoms with Crippen LogP contribution in [-0.4, -0.2) is 18.3 Å².